The Hall–Kier alpha value is -2.70. The van der Waals surface area contributed by atoms with Crippen molar-refractivity contribution in [3.63, 3.8) is 0 Å². The highest BCUT2D eigenvalue weighted by atomic mass is 32.2. The molecule has 0 spiro atoms. The van der Waals surface area contributed by atoms with E-state index < -0.39 is 8.07 Å². The van der Waals surface area contributed by atoms with Crippen LogP contribution in [0.5, 0.6) is 0 Å². The number of nitrogens with zero attached hydrogens (tertiary/aromatic N) is 7. The van der Waals surface area contributed by atoms with Crippen LogP contribution in [0, 0.1) is 5.92 Å². The number of rotatable bonds is 10. The molecule has 12 heteroatoms. The van der Waals surface area contributed by atoms with E-state index in [1.807, 2.05) is 12.4 Å². The molecule has 1 fully saturated rings. The Balaban J connectivity index is 1.19. The number of aromatic nitrogens is 8. The molecule has 0 bridgehead atoms. The van der Waals surface area contributed by atoms with Crippen LogP contribution in [0.15, 0.2) is 36.1 Å². The van der Waals surface area contributed by atoms with Gasteiger partial charge in [-0.2, -0.15) is 10.1 Å². The Morgan fingerprint density at radius 3 is 2.78 bits per heavy atom. The van der Waals surface area contributed by atoms with E-state index in [1.54, 1.807) is 18.1 Å². The minimum absolute atomic E-state index is 0.374. The molecule has 0 amide bonds. The first-order valence-electron chi connectivity index (χ1n) is 12.6. The molecule has 4 aromatic rings. The number of hydrogen-bond donors (Lipinski definition) is 2. The first kappa shape index (κ1) is 25.0. The van der Waals surface area contributed by atoms with Crippen LogP contribution in [0.1, 0.15) is 31.7 Å². The van der Waals surface area contributed by atoms with E-state index in [0.29, 0.717) is 24.6 Å². The lowest BCUT2D eigenvalue weighted by atomic mass is 9.87. The molecule has 4 aromatic heterocycles. The molecule has 1 aliphatic rings. The maximum atomic E-state index is 5.95. The Labute approximate surface area is 216 Å². The summed E-state index contributed by atoms with van der Waals surface area (Å²) in [5, 5.41) is 13.3. The van der Waals surface area contributed by atoms with Crippen LogP contribution in [0.4, 0.5) is 5.95 Å². The molecule has 36 heavy (non-hydrogen) atoms. The average Bonchev–Trinajstić information content (AvgIpc) is 3.60. The number of aromatic amines is 1. The Morgan fingerprint density at radius 2 is 2.03 bits per heavy atom. The second-order valence-corrected chi connectivity index (χ2v) is 17.4. The van der Waals surface area contributed by atoms with Gasteiger partial charge in [0.05, 0.1) is 17.9 Å². The third kappa shape index (κ3) is 5.98. The van der Waals surface area contributed by atoms with Crippen LogP contribution >= 0.6 is 11.8 Å². The van der Waals surface area contributed by atoms with E-state index >= 15 is 0 Å². The second-order valence-electron chi connectivity index (χ2n) is 10.8. The lowest BCUT2D eigenvalue weighted by Crippen LogP contribution is -2.22. The van der Waals surface area contributed by atoms with Crippen molar-refractivity contribution in [2.75, 3.05) is 18.1 Å². The Morgan fingerprint density at radius 1 is 1.19 bits per heavy atom. The molecule has 10 nitrogen and oxygen atoms in total. The highest BCUT2D eigenvalue weighted by Gasteiger charge is 2.24. The van der Waals surface area contributed by atoms with Crippen molar-refractivity contribution >= 4 is 36.8 Å². The maximum Gasteiger partial charge on any atom is 0.216 e. The van der Waals surface area contributed by atoms with Gasteiger partial charge in [0.15, 0.2) is 0 Å². The molecular weight excluding hydrogens is 490 g/mol. The van der Waals surface area contributed by atoms with Gasteiger partial charge in [0.1, 0.15) is 18.7 Å². The monoisotopic (exact) mass is 525 g/mol. The average molecular weight is 526 g/mol. The number of nitrogens with one attached hydrogen (secondary N) is 1. The molecule has 5 rings (SSSR count). The fourth-order valence-electron chi connectivity index (χ4n) is 4.63. The number of fused-ring (bicyclic) bond motifs is 1. The number of nitrogens with two attached hydrogens (primary N) is 1. The minimum Gasteiger partial charge on any atom is -0.368 e. The number of nitrogen functional groups attached to an aromatic ring is 1. The predicted molar refractivity (Wildman–Crippen MR) is 145 cm³/mol. The number of ether oxygens (including phenoxy) is 1. The van der Waals surface area contributed by atoms with Crippen LogP contribution in [-0.2, 0) is 11.5 Å². The van der Waals surface area contributed by atoms with E-state index in [-0.39, 0.29) is 0 Å². The normalized spacial score (nSPS) is 18.8. The van der Waals surface area contributed by atoms with Crippen LogP contribution in [-0.4, -0.2) is 59.9 Å². The van der Waals surface area contributed by atoms with Crippen molar-refractivity contribution in [3.8, 4) is 11.3 Å². The summed E-state index contributed by atoms with van der Waals surface area (Å²) < 4.78 is 10.1. The van der Waals surface area contributed by atoms with Crippen molar-refractivity contribution in [1.29, 1.82) is 0 Å². The van der Waals surface area contributed by atoms with Crippen LogP contribution in [0.2, 0.25) is 25.7 Å². The summed E-state index contributed by atoms with van der Waals surface area (Å²) in [5.74, 6) is 2.06. The summed E-state index contributed by atoms with van der Waals surface area (Å²) in [6.07, 6.45) is 12.3. The zero-order valence-corrected chi connectivity index (χ0v) is 23.0. The van der Waals surface area contributed by atoms with Gasteiger partial charge in [-0.05, 0) is 43.7 Å². The fourth-order valence-corrected chi connectivity index (χ4v) is 6.38. The molecule has 0 aliphatic heterocycles. The smallest absolute Gasteiger partial charge is 0.216 e. The Kier molecular flexibility index (Phi) is 7.44. The van der Waals surface area contributed by atoms with Crippen molar-refractivity contribution in [3.05, 3.63) is 31.0 Å². The molecule has 1 saturated carbocycles. The van der Waals surface area contributed by atoms with Gasteiger partial charge in [-0.25, -0.2) is 15.1 Å². The van der Waals surface area contributed by atoms with E-state index in [0.717, 1.165) is 58.7 Å². The van der Waals surface area contributed by atoms with Crippen molar-refractivity contribution in [2.45, 2.75) is 69.3 Å². The molecule has 0 saturated heterocycles. The van der Waals surface area contributed by atoms with E-state index in [2.05, 4.69) is 66.3 Å². The van der Waals surface area contributed by atoms with E-state index in [1.165, 1.54) is 12.8 Å². The molecule has 0 unspecified atom stereocenters. The van der Waals surface area contributed by atoms with Gasteiger partial charge < -0.3 is 15.0 Å². The first-order chi connectivity index (χ1) is 17.4. The van der Waals surface area contributed by atoms with Gasteiger partial charge in [-0.1, -0.05) is 31.4 Å². The van der Waals surface area contributed by atoms with Gasteiger partial charge in [-0.15, -0.1) is 5.10 Å². The topological polar surface area (TPSA) is 125 Å². The lowest BCUT2D eigenvalue weighted by Gasteiger charge is -2.28. The molecule has 4 heterocycles. The molecule has 192 valence electrons. The minimum atomic E-state index is -1.10. The zero-order valence-electron chi connectivity index (χ0n) is 21.2. The van der Waals surface area contributed by atoms with Gasteiger partial charge >= 0.3 is 0 Å². The Bertz CT molecular complexity index is 1290. The SMILES string of the molecule is C[Si](C)(C)CCOCn1ccc2c(-c3cnn(C4CCC(CSc5n[nH]c(N)n5)CC4)c3)ncnc21. The quantitative estimate of drug-likeness (QED) is 0.171. The van der Waals surface area contributed by atoms with Gasteiger partial charge in [0, 0.05) is 43.8 Å². The van der Waals surface area contributed by atoms with Crippen molar-refractivity contribution in [2.24, 2.45) is 5.92 Å². The van der Waals surface area contributed by atoms with Gasteiger partial charge in [-0.3, -0.25) is 4.68 Å². The maximum absolute atomic E-state index is 5.95. The number of H-pyrrole nitrogens is 1. The molecule has 3 N–H and O–H groups in total. The number of thioether (sulfide) groups is 1. The van der Waals surface area contributed by atoms with Crippen LogP contribution < -0.4 is 5.73 Å². The summed E-state index contributed by atoms with van der Waals surface area (Å²) in [6.45, 7) is 8.39. The summed E-state index contributed by atoms with van der Waals surface area (Å²) >= 11 is 1.68. The standard InChI is InChI=1S/C24H35N9OSSi/c1-36(2,3)11-10-34-16-32-9-8-20-21(26-15-27-22(20)32)18-12-28-33(13-18)19-6-4-17(5-7-19)14-35-24-29-23(25)30-31-24/h8-9,12-13,15,17,19H,4-7,10-11,14,16H2,1-3H3,(H3,25,29,30,31). The van der Waals surface area contributed by atoms with Crippen LogP contribution in [0.25, 0.3) is 22.3 Å². The third-order valence-corrected chi connectivity index (χ3v) is 9.56. The molecule has 1 aliphatic carbocycles. The summed E-state index contributed by atoms with van der Waals surface area (Å²) in [5.41, 5.74) is 8.46. The van der Waals surface area contributed by atoms with Crippen LogP contribution in [0.3, 0.4) is 0 Å². The largest absolute Gasteiger partial charge is 0.368 e. The molecule has 0 atom stereocenters. The highest BCUT2D eigenvalue weighted by Crippen LogP contribution is 2.35. The third-order valence-electron chi connectivity index (χ3n) is 6.78. The number of anilines is 1. The predicted octanol–water partition coefficient (Wildman–Crippen LogP) is 4.83. The van der Waals surface area contributed by atoms with Gasteiger partial charge in [0.25, 0.3) is 0 Å². The van der Waals surface area contributed by atoms with Crippen molar-refractivity contribution < 1.29 is 4.74 Å². The lowest BCUT2D eigenvalue weighted by molar-refractivity contribution is 0.0899. The number of hydrogen-bond acceptors (Lipinski definition) is 8. The van der Waals surface area contributed by atoms with E-state index in [9.17, 15) is 0 Å². The first-order valence-corrected chi connectivity index (χ1v) is 17.3. The molecule has 0 radical (unpaired) electrons. The molecule has 0 aromatic carbocycles. The van der Waals surface area contributed by atoms with Gasteiger partial charge in [0.2, 0.25) is 11.1 Å². The second kappa shape index (κ2) is 10.7. The zero-order chi connectivity index (χ0) is 25.1. The summed E-state index contributed by atoms with van der Waals surface area (Å²) in [4.78, 5) is 13.3. The fraction of sp³-hybridized carbons (Fsp3) is 0.542. The summed E-state index contributed by atoms with van der Waals surface area (Å²) in [7, 11) is -1.10. The van der Waals surface area contributed by atoms with E-state index in [4.69, 9.17) is 15.6 Å². The van der Waals surface area contributed by atoms with Crippen molar-refractivity contribution in [1.82, 2.24) is 39.5 Å². The highest BCUT2D eigenvalue weighted by molar-refractivity contribution is 7.99. The summed E-state index contributed by atoms with van der Waals surface area (Å²) in [6, 6.07) is 3.65. The molecular formula is C24H35N9OSSi.